The number of alkyl halides is 2. The van der Waals surface area contributed by atoms with Crippen LogP contribution < -0.4 is 28.1 Å². The standard InChI is InChI=1S/C26H28IN7O4/c1-26(2)22-18(17-6-5-16(12-20(17)38-26)34-21(35)7-8-27(34)3)14-30-24(32-22)31-15-11-19-23(29-13-15)37-10-9-33(19)25(36)28-4/h5-6,11-14H,7-10H2,1-4H3,(H,28,36)(H,30,31,32). The molecule has 0 radical (unpaired) electrons. The first-order valence-electron chi connectivity index (χ1n) is 12.2. The summed E-state index contributed by atoms with van der Waals surface area (Å²) in [6, 6.07) is 7.52. The second-order valence-electron chi connectivity index (χ2n) is 9.65. The number of urea groups is 1. The zero-order chi connectivity index (χ0) is 26.6. The number of carbonyl (C=O) groups is 2. The van der Waals surface area contributed by atoms with Crippen molar-refractivity contribution in [2.24, 2.45) is 0 Å². The quantitative estimate of drug-likeness (QED) is 0.251. The molecule has 0 saturated carbocycles. The van der Waals surface area contributed by atoms with E-state index in [0.717, 1.165) is 32.7 Å². The van der Waals surface area contributed by atoms with Gasteiger partial charge in [-0.05, 0) is 0 Å². The Morgan fingerprint density at radius 1 is 1.16 bits per heavy atom. The molecule has 2 aromatic heterocycles. The number of hydrogen-bond acceptors (Lipinski definition) is 8. The predicted octanol–water partition coefficient (Wildman–Crippen LogP) is 4.24. The molecule has 0 atom stereocenters. The van der Waals surface area contributed by atoms with Crippen LogP contribution in [-0.4, -0.2) is 56.4 Å². The molecule has 0 spiro atoms. The van der Waals surface area contributed by atoms with Crippen molar-refractivity contribution in [2.75, 3.05) is 42.9 Å². The van der Waals surface area contributed by atoms with Gasteiger partial charge in [-0.1, -0.05) is 0 Å². The molecular weight excluding hydrogens is 601 g/mol. The molecule has 3 aliphatic rings. The number of aromatic nitrogens is 3. The SMILES string of the molecule is CNC(=O)N1CCOc2ncc(Nc3ncc4c(n3)C(C)(C)Oc3cc(N5C(=O)CCI5C)ccc3-4)cc21. The van der Waals surface area contributed by atoms with Gasteiger partial charge in [0, 0.05) is 7.05 Å². The number of amides is 3. The molecule has 1 aromatic carbocycles. The monoisotopic (exact) mass is 629 g/mol. The Kier molecular flexibility index (Phi) is 6.00. The molecule has 1 saturated heterocycles. The zero-order valence-electron chi connectivity index (χ0n) is 21.5. The number of hydrogen-bond donors (Lipinski definition) is 2. The minimum absolute atomic E-state index is 0.203. The summed E-state index contributed by atoms with van der Waals surface area (Å²) in [5.74, 6) is 1.71. The number of fused-ring (bicyclic) bond motifs is 4. The van der Waals surface area contributed by atoms with Crippen molar-refractivity contribution in [3.8, 4) is 22.8 Å². The molecule has 198 valence electrons. The van der Waals surface area contributed by atoms with E-state index in [2.05, 4.69) is 25.5 Å². The van der Waals surface area contributed by atoms with Gasteiger partial charge in [0.25, 0.3) is 0 Å². The first kappa shape index (κ1) is 24.6. The summed E-state index contributed by atoms with van der Waals surface area (Å²) in [7, 11) is 1.59. The van der Waals surface area contributed by atoms with E-state index in [1.807, 2.05) is 35.2 Å². The van der Waals surface area contributed by atoms with Gasteiger partial charge in [-0.25, -0.2) is 9.78 Å². The first-order chi connectivity index (χ1) is 18.2. The van der Waals surface area contributed by atoms with Crippen LogP contribution in [0, 0.1) is 0 Å². The first-order valence-corrected chi connectivity index (χ1v) is 16.9. The van der Waals surface area contributed by atoms with Crippen molar-refractivity contribution in [3.05, 3.63) is 42.4 Å². The van der Waals surface area contributed by atoms with Gasteiger partial charge in [-0.3, -0.25) is 4.90 Å². The van der Waals surface area contributed by atoms with E-state index in [-0.39, 0.29) is 11.9 Å². The van der Waals surface area contributed by atoms with Crippen molar-refractivity contribution in [2.45, 2.75) is 25.9 Å². The van der Waals surface area contributed by atoms with Gasteiger partial charge < -0.3 is 10.1 Å². The van der Waals surface area contributed by atoms with E-state index in [1.54, 1.807) is 30.4 Å². The van der Waals surface area contributed by atoms with Gasteiger partial charge in [-0.2, -0.15) is 0 Å². The third kappa shape index (κ3) is 4.16. The summed E-state index contributed by atoms with van der Waals surface area (Å²) >= 11 is -1.48. The Labute approximate surface area is 227 Å². The van der Waals surface area contributed by atoms with Crippen molar-refractivity contribution in [1.29, 1.82) is 0 Å². The number of nitrogens with zero attached hydrogens (tertiary/aromatic N) is 5. The van der Waals surface area contributed by atoms with Crippen LogP contribution in [0.15, 0.2) is 36.7 Å². The van der Waals surface area contributed by atoms with E-state index >= 15 is 0 Å². The van der Waals surface area contributed by atoms with Gasteiger partial charge >= 0.3 is 172 Å². The summed E-state index contributed by atoms with van der Waals surface area (Å²) in [5, 5.41) is 5.85. The molecule has 3 aliphatic heterocycles. The molecule has 0 aliphatic carbocycles. The van der Waals surface area contributed by atoms with Gasteiger partial charge in [0.2, 0.25) is 5.88 Å². The average Bonchev–Trinajstić information content (AvgIpc) is 3.25. The number of nitrogens with one attached hydrogen (secondary N) is 2. The fourth-order valence-electron chi connectivity index (χ4n) is 4.88. The van der Waals surface area contributed by atoms with Gasteiger partial charge in [0.15, 0.2) is 0 Å². The molecule has 0 unspecified atom stereocenters. The molecular formula is C26H28IN7O4. The topological polar surface area (TPSA) is 122 Å². The summed E-state index contributed by atoms with van der Waals surface area (Å²) in [6.07, 6.45) is 4.05. The van der Waals surface area contributed by atoms with Crippen LogP contribution in [0.4, 0.5) is 27.8 Å². The van der Waals surface area contributed by atoms with Gasteiger partial charge in [0.1, 0.15) is 12.3 Å². The normalized spacial score (nSPS) is 18.1. The summed E-state index contributed by atoms with van der Waals surface area (Å²) in [5.41, 5.74) is 3.91. The van der Waals surface area contributed by atoms with Gasteiger partial charge in [0.05, 0.1) is 6.54 Å². The number of pyridine rings is 1. The van der Waals surface area contributed by atoms with Crippen molar-refractivity contribution in [1.82, 2.24) is 20.3 Å². The summed E-state index contributed by atoms with van der Waals surface area (Å²) in [4.78, 5) is 42.4. The van der Waals surface area contributed by atoms with Crippen LogP contribution in [0.5, 0.6) is 11.6 Å². The van der Waals surface area contributed by atoms with E-state index in [1.165, 1.54) is 0 Å². The molecule has 1 fully saturated rings. The second-order valence-corrected chi connectivity index (χ2v) is 14.9. The second kappa shape index (κ2) is 9.26. The molecule has 6 rings (SSSR count). The summed E-state index contributed by atoms with van der Waals surface area (Å²) < 4.78 is 15.1. The Morgan fingerprint density at radius 3 is 2.76 bits per heavy atom. The maximum atomic E-state index is 12.5. The van der Waals surface area contributed by atoms with E-state index < -0.39 is 25.7 Å². The third-order valence-corrected chi connectivity index (χ3v) is 11.5. The molecule has 3 amide bonds. The Bertz CT molecular complexity index is 1460. The molecule has 3 aromatic rings. The molecule has 11 nitrogen and oxygen atoms in total. The number of carbonyl (C=O) groups excluding carboxylic acids is 2. The van der Waals surface area contributed by atoms with Crippen molar-refractivity contribution < 1.29 is 19.1 Å². The Hall–Kier alpha value is -3.68. The van der Waals surface area contributed by atoms with Crippen LogP contribution >= 0.6 is 20.1 Å². The maximum absolute atomic E-state index is 12.5. The number of anilines is 4. The number of benzene rings is 1. The third-order valence-electron chi connectivity index (χ3n) is 6.69. The Balaban J connectivity index is 1.32. The van der Waals surface area contributed by atoms with Crippen molar-refractivity contribution in [3.63, 3.8) is 0 Å². The molecule has 2 N–H and O–H groups in total. The average molecular weight is 629 g/mol. The van der Waals surface area contributed by atoms with Crippen LogP contribution in [0.25, 0.3) is 11.1 Å². The summed E-state index contributed by atoms with van der Waals surface area (Å²) in [6.45, 7) is 4.74. The minimum Gasteiger partial charge on any atom is 0.110 e. The minimum atomic E-state index is -1.48. The van der Waals surface area contributed by atoms with Crippen LogP contribution in [-0.2, 0) is 10.4 Å². The number of halogens is 1. The molecule has 38 heavy (non-hydrogen) atoms. The fourth-order valence-corrected chi connectivity index (χ4v) is 9.01. The predicted molar refractivity (Wildman–Crippen MR) is 153 cm³/mol. The molecule has 0 bridgehead atoms. The van der Waals surface area contributed by atoms with Crippen LogP contribution in [0.1, 0.15) is 26.0 Å². The zero-order valence-corrected chi connectivity index (χ0v) is 23.7. The van der Waals surface area contributed by atoms with Crippen molar-refractivity contribution >= 4 is 55.0 Å². The number of ether oxygens (including phenoxy) is 2. The number of rotatable bonds is 3. The molecule has 5 heterocycles. The smallest absolute Gasteiger partial charge is 0.110 e. The van der Waals surface area contributed by atoms with Crippen LogP contribution in [0.3, 0.4) is 0 Å². The Morgan fingerprint density at radius 2 is 2.00 bits per heavy atom. The van der Waals surface area contributed by atoms with E-state index in [0.29, 0.717) is 42.8 Å². The van der Waals surface area contributed by atoms with Crippen LogP contribution in [0.2, 0.25) is 0 Å². The van der Waals surface area contributed by atoms with E-state index in [9.17, 15) is 9.59 Å². The van der Waals surface area contributed by atoms with Gasteiger partial charge in [-0.15, -0.1) is 0 Å². The fraction of sp³-hybridized carbons (Fsp3) is 0.346. The van der Waals surface area contributed by atoms with E-state index in [4.69, 9.17) is 14.5 Å². The molecule has 12 heteroatoms.